The van der Waals surface area contributed by atoms with Gasteiger partial charge >= 0.3 is 5.97 Å². The standard InChI is InChI=1S/C14H10O3/c1-16-14(15)12-8-10-6-2-4-9-5-3-7-11(17-12)13(9)10/h2-8H,1H3. The van der Waals surface area contributed by atoms with Crippen molar-refractivity contribution < 1.29 is 14.3 Å². The summed E-state index contributed by atoms with van der Waals surface area (Å²) in [6.07, 6.45) is 1.71. The molecule has 3 rings (SSSR count). The Labute approximate surface area is 98.3 Å². The Bertz CT molecular complexity index is 636. The van der Waals surface area contributed by atoms with Crippen molar-refractivity contribution >= 4 is 22.8 Å². The third-order valence-electron chi connectivity index (χ3n) is 2.79. The second kappa shape index (κ2) is 3.63. The van der Waals surface area contributed by atoms with E-state index in [-0.39, 0.29) is 5.76 Å². The zero-order valence-corrected chi connectivity index (χ0v) is 9.27. The van der Waals surface area contributed by atoms with E-state index in [0.717, 1.165) is 16.3 Å². The van der Waals surface area contributed by atoms with E-state index >= 15 is 0 Å². The van der Waals surface area contributed by atoms with Crippen LogP contribution in [0.25, 0.3) is 16.8 Å². The van der Waals surface area contributed by atoms with E-state index < -0.39 is 5.97 Å². The molecule has 0 radical (unpaired) electrons. The van der Waals surface area contributed by atoms with Gasteiger partial charge in [-0.1, -0.05) is 30.3 Å². The normalized spacial score (nSPS) is 12.9. The van der Waals surface area contributed by atoms with Gasteiger partial charge in [0, 0.05) is 5.39 Å². The van der Waals surface area contributed by atoms with E-state index in [1.54, 1.807) is 6.08 Å². The minimum absolute atomic E-state index is 0.221. The molecule has 84 valence electrons. The molecule has 0 unspecified atom stereocenters. The van der Waals surface area contributed by atoms with Crippen molar-refractivity contribution in [3.05, 3.63) is 47.7 Å². The Kier molecular flexibility index (Phi) is 2.11. The monoisotopic (exact) mass is 226 g/mol. The second-order valence-electron chi connectivity index (χ2n) is 3.80. The summed E-state index contributed by atoms with van der Waals surface area (Å²) < 4.78 is 10.2. The maximum atomic E-state index is 11.5. The number of rotatable bonds is 1. The molecule has 0 atom stereocenters. The lowest BCUT2D eigenvalue weighted by molar-refractivity contribution is -0.138. The number of hydrogen-bond donors (Lipinski definition) is 0. The predicted molar refractivity (Wildman–Crippen MR) is 64.6 cm³/mol. The molecule has 2 aromatic carbocycles. The first-order valence-electron chi connectivity index (χ1n) is 5.29. The van der Waals surface area contributed by atoms with Crippen LogP contribution in [0.1, 0.15) is 5.56 Å². The molecule has 1 aliphatic rings. The molecule has 0 N–H and O–H groups in total. The number of benzene rings is 2. The fourth-order valence-corrected chi connectivity index (χ4v) is 2.03. The van der Waals surface area contributed by atoms with Gasteiger partial charge in [0.2, 0.25) is 5.76 Å². The van der Waals surface area contributed by atoms with Gasteiger partial charge in [-0.25, -0.2) is 4.79 Å². The topological polar surface area (TPSA) is 35.5 Å². The highest BCUT2D eigenvalue weighted by atomic mass is 16.6. The summed E-state index contributed by atoms with van der Waals surface area (Å²) in [5.41, 5.74) is 0.977. The molecule has 3 nitrogen and oxygen atoms in total. The Morgan fingerprint density at radius 1 is 1.18 bits per heavy atom. The van der Waals surface area contributed by atoms with Gasteiger partial charge in [0.05, 0.1) is 7.11 Å². The largest absolute Gasteiger partial charge is 0.463 e. The molecule has 3 heteroatoms. The van der Waals surface area contributed by atoms with Crippen molar-refractivity contribution in [1.29, 1.82) is 0 Å². The third kappa shape index (κ3) is 1.47. The third-order valence-corrected chi connectivity index (χ3v) is 2.79. The predicted octanol–water partition coefficient (Wildman–Crippen LogP) is 2.75. The summed E-state index contributed by atoms with van der Waals surface area (Å²) in [6.45, 7) is 0. The molecule has 2 aromatic rings. The highest BCUT2D eigenvalue weighted by Crippen LogP contribution is 2.35. The summed E-state index contributed by atoms with van der Waals surface area (Å²) in [6, 6.07) is 11.7. The van der Waals surface area contributed by atoms with Gasteiger partial charge in [0.1, 0.15) is 5.75 Å². The molecular weight excluding hydrogens is 216 g/mol. The summed E-state index contributed by atoms with van der Waals surface area (Å²) in [5.74, 6) is 0.455. The Hall–Kier alpha value is -2.29. The smallest absolute Gasteiger partial charge is 0.373 e. The van der Waals surface area contributed by atoms with Gasteiger partial charge in [-0.2, -0.15) is 0 Å². The van der Waals surface area contributed by atoms with Crippen molar-refractivity contribution in [3.8, 4) is 5.75 Å². The fraction of sp³-hybridized carbons (Fsp3) is 0.0714. The molecule has 1 heterocycles. The van der Waals surface area contributed by atoms with Crippen LogP contribution in [0.15, 0.2) is 42.2 Å². The van der Waals surface area contributed by atoms with Gasteiger partial charge in [-0.3, -0.25) is 0 Å². The number of ether oxygens (including phenoxy) is 2. The van der Waals surface area contributed by atoms with Crippen LogP contribution in [0, 0.1) is 0 Å². The van der Waals surface area contributed by atoms with Crippen molar-refractivity contribution in [3.63, 3.8) is 0 Å². The number of esters is 1. The highest BCUT2D eigenvalue weighted by molar-refractivity contribution is 6.02. The molecule has 1 aliphatic heterocycles. The summed E-state index contributed by atoms with van der Waals surface area (Å²) in [5, 5.41) is 2.13. The zero-order chi connectivity index (χ0) is 11.8. The molecule has 0 aromatic heterocycles. The van der Waals surface area contributed by atoms with Crippen LogP contribution in [0.3, 0.4) is 0 Å². The average molecular weight is 226 g/mol. The van der Waals surface area contributed by atoms with Crippen molar-refractivity contribution in [2.45, 2.75) is 0 Å². The molecular formula is C14H10O3. The van der Waals surface area contributed by atoms with E-state index in [1.165, 1.54) is 7.11 Å². The van der Waals surface area contributed by atoms with E-state index in [1.807, 2.05) is 36.4 Å². The fourth-order valence-electron chi connectivity index (χ4n) is 2.03. The number of carbonyl (C=O) groups excluding carboxylic acids is 1. The maximum absolute atomic E-state index is 11.5. The summed E-state index contributed by atoms with van der Waals surface area (Å²) in [4.78, 5) is 11.5. The average Bonchev–Trinajstić information content (AvgIpc) is 2.38. The van der Waals surface area contributed by atoms with E-state index in [9.17, 15) is 4.79 Å². The van der Waals surface area contributed by atoms with Crippen LogP contribution in [-0.4, -0.2) is 13.1 Å². The Morgan fingerprint density at radius 3 is 2.71 bits per heavy atom. The first-order valence-corrected chi connectivity index (χ1v) is 5.29. The van der Waals surface area contributed by atoms with Gasteiger partial charge in [-0.05, 0) is 23.1 Å². The molecule has 0 saturated heterocycles. The zero-order valence-electron chi connectivity index (χ0n) is 9.27. The Balaban J connectivity index is 2.26. The van der Waals surface area contributed by atoms with Crippen LogP contribution >= 0.6 is 0 Å². The van der Waals surface area contributed by atoms with E-state index in [4.69, 9.17) is 4.74 Å². The minimum atomic E-state index is -0.462. The first-order chi connectivity index (χ1) is 8.29. The molecule has 0 saturated carbocycles. The SMILES string of the molecule is COC(=O)C1=Cc2cccc3cccc(c23)O1. The summed E-state index contributed by atoms with van der Waals surface area (Å²) in [7, 11) is 1.34. The lowest BCUT2D eigenvalue weighted by Crippen LogP contribution is -2.13. The lowest BCUT2D eigenvalue weighted by Gasteiger charge is -2.17. The number of hydrogen-bond acceptors (Lipinski definition) is 3. The van der Waals surface area contributed by atoms with Crippen LogP contribution in [-0.2, 0) is 9.53 Å². The molecule has 17 heavy (non-hydrogen) atoms. The van der Waals surface area contributed by atoms with Crippen LogP contribution in [0.4, 0.5) is 0 Å². The van der Waals surface area contributed by atoms with E-state index in [0.29, 0.717) is 5.75 Å². The lowest BCUT2D eigenvalue weighted by atomic mass is 10.0. The second-order valence-corrected chi connectivity index (χ2v) is 3.80. The number of carbonyl (C=O) groups is 1. The quantitative estimate of drug-likeness (QED) is 0.701. The number of methoxy groups -OCH3 is 1. The van der Waals surface area contributed by atoms with Gasteiger partial charge in [-0.15, -0.1) is 0 Å². The highest BCUT2D eigenvalue weighted by Gasteiger charge is 2.19. The van der Waals surface area contributed by atoms with Gasteiger partial charge < -0.3 is 9.47 Å². The first kappa shape index (κ1) is 9.90. The van der Waals surface area contributed by atoms with Crippen molar-refractivity contribution in [2.75, 3.05) is 7.11 Å². The van der Waals surface area contributed by atoms with Crippen LogP contribution < -0.4 is 4.74 Å². The van der Waals surface area contributed by atoms with Crippen molar-refractivity contribution in [1.82, 2.24) is 0 Å². The van der Waals surface area contributed by atoms with Crippen LogP contribution in [0.2, 0.25) is 0 Å². The maximum Gasteiger partial charge on any atom is 0.373 e. The van der Waals surface area contributed by atoms with Gasteiger partial charge in [0.15, 0.2) is 0 Å². The molecule has 0 amide bonds. The van der Waals surface area contributed by atoms with E-state index in [2.05, 4.69) is 4.74 Å². The van der Waals surface area contributed by atoms with Crippen molar-refractivity contribution in [2.24, 2.45) is 0 Å². The Morgan fingerprint density at radius 2 is 1.94 bits per heavy atom. The summed E-state index contributed by atoms with van der Waals surface area (Å²) >= 11 is 0. The molecule has 0 fully saturated rings. The van der Waals surface area contributed by atoms with Gasteiger partial charge in [0.25, 0.3) is 0 Å². The molecule has 0 bridgehead atoms. The molecule has 0 spiro atoms. The molecule has 0 aliphatic carbocycles. The van der Waals surface area contributed by atoms with Crippen LogP contribution in [0.5, 0.6) is 5.75 Å². The minimum Gasteiger partial charge on any atom is -0.463 e.